The van der Waals surface area contributed by atoms with Crippen LogP contribution in [0.1, 0.15) is 18.4 Å². The first kappa shape index (κ1) is 15.5. The lowest BCUT2D eigenvalue weighted by Crippen LogP contribution is -2.35. The number of rotatable bonds is 6. The second-order valence-corrected chi connectivity index (χ2v) is 5.89. The van der Waals surface area contributed by atoms with E-state index in [-0.39, 0.29) is 5.91 Å². The van der Waals surface area contributed by atoms with E-state index in [4.69, 9.17) is 4.74 Å². The Morgan fingerprint density at radius 3 is 2.70 bits per heavy atom. The molecule has 2 rings (SSSR count). The second-order valence-electron chi connectivity index (χ2n) is 4.97. The van der Waals surface area contributed by atoms with Crippen LogP contribution in [0.5, 0.6) is 0 Å². The highest BCUT2D eigenvalue weighted by Crippen LogP contribution is 2.10. The molecule has 1 aromatic carbocycles. The number of carbonyl (C=O) groups is 1. The molecule has 0 spiro atoms. The predicted octanol–water partition coefficient (Wildman–Crippen LogP) is 1.88. The van der Waals surface area contributed by atoms with Crippen LogP contribution in [0.4, 0.5) is 0 Å². The van der Waals surface area contributed by atoms with Crippen LogP contribution in [0, 0.1) is 0 Å². The summed E-state index contributed by atoms with van der Waals surface area (Å²) in [4.78, 5) is 11.8. The molecule has 1 aliphatic rings. The van der Waals surface area contributed by atoms with Gasteiger partial charge in [-0.1, -0.05) is 28.1 Å². The van der Waals surface area contributed by atoms with Crippen LogP contribution in [0.3, 0.4) is 0 Å². The van der Waals surface area contributed by atoms with Gasteiger partial charge in [0.2, 0.25) is 5.91 Å². The minimum absolute atomic E-state index is 0.0428. The van der Waals surface area contributed by atoms with Crippen molar-refractivity contribution in [1.82, 2.24) is 10.6 Å². The first-order valence-electron chi connectivity index (χ1n) is 7.07. The van der Waals surface area contributed by atoms with E-state index in [1.807, 2.05) is 24.3 Å². The summed E-state index contributed by atoms with van der Waals surface area (Å²) < 4.78 is 6.76. The standard InChI is InChI=1S/C15H21BrN2O2/c16-13-3-1-12(2-4-13)11-15(19)18-9-10-20-14-5-7-17-8-6-14/h1-4,14,17H,5-11H2,(H,18,19). The molecule has 110 valence electrons. The molecule has 1 heterocycles. The van der Waals surface area contributed by atoms with Crippen molar-refractivity contribution in [3.05, 3.63) is 34.3 Å². The number of hydrogen-bond donors (Lipinski definition) is 2. The Bertz CT molecular complexity index is 416. The number of amides is 1. The Labute approximate surface area is 128 Å². The zero-order valence-corrected chi connectivity index (χ0v) is 13.1. The van der Waals surface area contributed by atoms with Gasteiger partial charge in [-0.05, 0) is 43.6 Å². The summed E-state index contributed by atoms with van der Waals surface area (Å²) in [5, 5.41) is 6.20. The van der Waals surface area contributed by atoms with Gasteiger partial charge in [0, 0.05) is 11.0 Å². The maximum atomic E-state index is 11.8. The largest absolute Gasteiger partial charge is 0.376 e. The van der Waals surface area contributed by atoms with E-state index in [9.17, 15) is 4.79 Å². The molecule has 4 nitrogen and oxygen atoms in total. The average molecular weight is 341 g/mol. The maximum Gasteiger partial charge on any atom is 0.224 e. The maximum absolute atomic E-state index is 11.8. The molecule has 0 bridgehead atoms. The lowest BCUT2D eigenvalue weighted by molar-refractivity contribution is -0.120. The normalized spacial score (nSPS) is 16.1. The summed E-state index contributed by atoms with van der Waals surface area (Å²) in [5.74, 6) is 0.0428. The fourth-order valence-corrected chi connectivity index (χ4v) is 2.49. The topological polar surface area (TPSA) is 50.4 Å². The summed E-state index contributed by atoms with van der Waals surface area (Å²) in [7, 11) is 0. The van der Waals surface area contributed by atoms with Crippen LogP contribution in [-0.4, -0.2) is 38.3 Å². The van der Waals surface area contributed by atoms with Crippen molar-refractivity contribution in [2.75, 3.05) is 26.2 Å². The van der Waals surface area contributed by atoms with Gasteiger partial charge in [-0.15, -0.1) is 0 Å². The van der Waals surface area contributed by atoms with Crippen molar-refractivity contribution in [2.45, 2.75) is 25.4 Å². The van der Waals surface area contributed by atoms with Gasteiger partial charge in [0.05, 0.1) is 19.1 Å². The van der Waals surface area contributed by atoms with E-state index in [2.05, 4.69) is 26.6 Å². The number of piperidine rings is 1. The molecular formula is C15H21BrN2O2. The third-order valence-electron chi connectivity index (χ3n) is 3.34. The highest BCUT2D eigenvalue weighted by molar-refractivity contribution is 9.10. The summed E-state index contributed by atoms with van der Waals surface area (Å²) in [6, 6.07) is 7.80. The third kappa shape index (κ3) is 5.61. The van der Waals surface area contributed by atoms with Gasteiger partial charge in [0.25, 0.3) is 0 Å². The van der Waals surface area contributed by atoms with E-state index in [0.29, 0.717) is 25.7 Å². The monoisotopic (exact) mass is 340 g/mol. The number of hydrogen-bond acceptors (Lipinski definition) is 3. The van der Waals surface area contributed by atoms with Gasteiger partial charge in [-0.3, -0.25) is 4.79 Å². The molecule has 1 aromatic rings. The van der Waals surface area contributed by atoms with Crippen molar-refractivity contribution in [3.8, 4) is 0 Å². The lowest BCUT2D eigenvalue weighted by atomic mass is 10.1. The zero-order valence-electron chi connectivity index (χ0n) is 11.5. The Morgan fingerprint density at radius 2 is 2.00 bits per heavy atom. The number of benzene rings is 1. The molecule has 20 heavy (non-hydrogen) atoms. The van der Waals surface area contributed by atoms with Gasteiger partial charge >= 0.3 is 0 Å². The fourth-order valence-electron chi connectivity index (χ4n) is 2.23. The van der Waals surface area contributed by atoms with Crippen molar-refractivity contribution < 1.29 is 9.53 Å². The molecule has 1 amide bonds. The number of nitrogens with one attached hydrogen (secondary N) is 2. The quantitative estimate of drug-likeness (QED) is 0.777. The Balaban J connectivity index is 1.59. The molecule has 2 N–H and O–H groups in total. The molecule has 5 heteroatoms. The van der Waals surface area contributed by atoms with Crippen molar-refractivity contribution in [3.63, 3.8) is 0 Å². The van der Waals surface area contributed by atoms with Crippen LogP contribution >= 0.6 is 15.9 Å². The van der Waals surface area contributed by atoms with E-state index in [0.717, 1.165) is 36.0 Å². The molecule has 0 aliphatic carbocycles. The van der Waals surface area contributed by atoms with Crippen molar-refractivity contribution >= 4 is 21.8 Å². The van der Waals surface area contributed by atoms with Gasteiger partial charge < -0.3 is 15.4 Å². The van der Waals surface area contributed by atoms with E-state index in [1.54, 1.807) is 0 Å². The molecule has 1 saturated heterocycles. The third-order valence-corrected chi connectivity index (χ3v) is 3.87. The average Bonchev–Trinajstić information content (AvgIpc) is 2.47. The summed E-state index contributed by atoms with van der Waals surface area (Å²) in [6.07, 6.45) is 2.89. The van der Waals surface area contributed by atoms with Crippen molar-refractivity contribution in [2.24, 2.45) is 0 Å². The highest BCUT2D eigenvalue weighted by Gasteiger charge is 2.12. The Kier molecular flexibility index (Phi) is 6.50. The summed E-state index contributed by atoms with van der Waals surface area (Å²) in [6.45, 7) is 3.23. The van der Waals surface area contributed by atoms with Crippen LogP contribution < -0.4 is 10.6 Å². The van der Waals surface area contributed by atoms with E-state index >= 15 is 0 Å². The van der Waals surface area contributed by atoms with Crippen LogP contribution in [0.2, 0.25) is 0 Å². The number of halogens is 1. The molecular weight excluding hydrogens is 320 g/mol. The highest BCUT2D eigenvalue weighted by atomic mass is 79.9. The second kappa shape index (κ2) is 8.39. The predicted molar refractivity (Wildman–Crippen MR) is 82.7 cm³/mol. The van der Waals surface area contributed by atoms with Crippen LogP contribution in [-0.2, 0) is 16.0 Å². The molecule has 1 fully saturated rings. The van der Waals surface area contributed by atoms with E-state index < -0.39 is 0 Å². The SMILES string of the molecule is O=C(Cc1ccc(Br)cc1)NCCOC1CCNCC1. The molecule has 0 radical (unpaired) electrons. The molecule has 0 aromatic heterocycles. The first-order chi connectivity index (χ1) is 9.74. The fraction of sp³-hybridized carbons (Fsp3) is 0.533. The first-order valence-corrected chi connectivity index (χ1v) is 7.87. The molecule has 1 aliphatic heterocycles. The molecule has 0 saturated carbocycles. The number of carbonyl (C=O) groups excluding carboxylic acids is 1. The van der Waals surface area contributed by atoms with Gasteiger partial charge in [0.1, 0.15) is 0 Å². The van der Waals surface area contributed by atoms with Gasteiger partial charge in [-0.2, -0.15) is 0 Å². The molecule has 0 atom stereocenters. The summed E-state index contributed by atoms with van der Waals surface area (Å²) in [5.41, 5.74) is 1.02. The molecule has 0 unspecified atom stereocenters. The van der Waals surface area contributed by atoms with Gasteiger partial charge in [0.15, 0.2) is 0 Å². The van der Waals surface area contributed by atoms with Crippen LogP contribution in [0.15, 0.2) is 28.7 Å². The van der Waals surface area contributed by atoms with Crippen molar-refractivity contribution in [1.29, 1.82) is 0 Å². The van der Waals surface area contributed by atoms with Gasteiger partial charge in [-0.25, -0.2) is 0 Å². The smallest absolute Gasteiger partial charge is 0.224 e. The lowest BCUT2D eigenvalue weighted by Gasteiger charge is -2.22. The Hall–Kier alpha value is -0.910. The minimum Gasteiger partial charge on any atom is -0.376 e. The van der Waals surface area contributed by atoms with E-state index in [1.165, 1.54) is 0 Å². The zero-order chi connectivity index (χ0) is 14.2. The minimum atomic E-state index is 0.0428. The van der Waals surface area contributed by atoms with Crippen LogP contribution in [0.25, 0.3) is 0 Å². The Morgan fingerprint density at radius 1 is 1.30 bits per heavy atom. The number of ether oxygens (including phenoxy) is 1. The summed E-state index contributed by atoms with van der Waals surface area (Å²) >= 11 is 3.38.